The molecule has 1 fully saturated rings. The molecule has 0 radical (unpaired) electrons. The SMILES string of the molecule is CCNC(=O)Nc1cc(C(=O)N2CCC(c3cccc(CN)c3)CC2)sc1SC. The van der Waals surface area contributed by atoms with Crippen LogP contribution in [0.15, 0.2) is 34.5 Å². The summed E-state index contributed by atoms with van der Waals surface area (Å²) in [5.41, 5.74) is 8.93. The van der Waals surface area contributed by atoms with Crippen molar-refractivity contribution in [1.29, 1.82) is 0 Å². The van der Waals surface area contributed by atoms with Crippen molar-refractivity contribution in [3.63, 3.8) is 0 Å². The lowest BCUT2D eigenvalue weighted by Gasteiger charge is -2.32. The van der Waals surface area contributed by atoms with Crippen LogP contribution in [0.2, 0.25) is 0 Å². The molecule has 0 aliphatic carbocycles. The highest BCUT2D eigenvalue weighted by atomic mass is 32.2. The quantitative estimate of drug-likeness (QED) is 0.600. The number of thioether (sulfide) groups is 1. The second-order valence-corrected chi connectivity index (χ2v) is 9.14. The van der Waals surface area contributed by atoms with Crippen LogP contribution in [-0.2, 0) is 6.54 Å². The third-order valence-electron chi connectivity index (χ3n) is 5.12. The Morgan fingerprint density at radius 3 is 2.69 bits per heavy atom. The van der Waals surface area contributed by atoms with E-state index in [4.69, 9.17) is 5.73 Å². The van der Waals surface area contributed by atoms with E-state index in [-0.39, 0.29) is 11.9 Å². The van der Waals surface area contributed by atoms with Gasteiger partial charge in [0.15, 0.2) is 0 Å². The van der Waals surface area contributed by atoms with Gasteiger partial charge in [-0.3, -0.25) is 4.79 Å². The second-order valence-electron chi connectivity index (χ2n) is 7.02. The number of carbonyl (C=O) groups is 2. The van der Waals surface area contributed by atoms with Crippen LogP contribution in [0, 0.1) is 0 Å². The minimum absolute atomic E-state index is 0.0448. The molecule has 1 saturated heterocycles. The Labute approximate surface area is 180 Å². The number of piperidine rings is 1. The summed E-state index contributed by atoms with van der Waals surface area (Å²) in [6, 6.07) is 10.0. The summed E-state index contributed by atoms with van der Waals surface area (Å²) in [4.78, 5) is 27.5. The number of hydrogen-bond acceptors (Lipinski definition) is 5. The largest absolute Gasteiger partial charge is 0.338 e. The van der Waals surface area contributed by atoms with Crippen molar-refractivity contribution >= 4 is 40.7 Å². The first-order valence-electron chi connectivity index (χ1n) is 9.86. The van der Waals surface area contributed by atoms with Gasteiger partial charge in [0, 0.05) is 26.2 Å². The zero-order valence-electron chi connectivity index (χ0n) is 16.9. The van der Waals surface area contributed by atoms with Crippen molar-refractivity contribution in [2.45, 2.75) is 36.4 Å². The molecule has 2 heterocycles. The van der Waals surface area contributed by atoms with Crippen LogP contribution in [0.25, 0.3) is 0 Å². The summed E-state index contributed by atoms with van der Waals surface area (Å²) in [5.74, 6) is 0.508. The number of rotatable bonds is 6. The number of nitrogens with zero attached hydrogens (tertiary/aromatic N) is 1. The maximum Gasteiger partial charge on any atom is 0.319 e. The highest BCUT2D eigenvalue weighted by Gasteiger charge is 2.26. The van der Waals surface area contributed by atoms with Crippen LogP contribution >= 0.6 is 23.1 Å². The molecule has 0 saturated carbocycles. The van der Waals surface area contributed by atoms with E-state index in [9.17, 15) is 9.59 Å². The highest BCUT2D eigenvalue weighted by molar-refractivity contribution is 8.00. The minimum Gasteiger partial charge on any atom is -0.338 e. The van der Waals surface area contributed by atoms with Crippen LogP contribution in [0.5, 0.6) is 0 Å². The Kier molecular flexibility index (Phi) is 7.57. The number of hydrogen-bond donors (Lipinski definition) is 3. The first kappa shape index (κ1) is 21.7. The lowest BCUT2D eigenvalue weighted by Crippen LogP contribution is -2.37. The summed E-state index contributed by atoms with van der Waals surface area (Å²) in [6.45, 7) is 4.45. The Balaban J connectivity index is 1.64. The smallest absolute Gasteiger partial charge is 0.319 e. The van der Waals surface area contributed by atoms with Gasteiger partial charge in [-0.2, -0.15) is 0 Å². The monoisotopic (exact) mass is 432 g/mol. The van der Waals surface area contributed by atoms with E-state index in [1.54, 1.807) is 6.07 Å². The standard InChI is InChI=1S/C21H28N4O2S2/c1-3-23-21(27)24-17-12-18(29-20(17)28-2)19(26)25-9-7-15(8-10-25)16-6-4-5-14(11-16)13-22/h4-6,11-12,15H,3,7-10,13,22H2,1-2H3,(H2,23,24,27). The van der Waals surface area contributed by atoms with Gasteiger partial charge in [-0.1, -0.05) is 24.3 Å². The summed E-state index contributed by atoms with van der Waals surface area (Å²) < 4.78 is 0.938. The molecule has 8 heteroatoms. The maximum absolute atomic E-state index is 13.0. The summed E-state index contributed by atoms with van der Waals surface area (Å²) in [7, 11) is 0. The molecule has 29 heavy (non-hydrogen) atoms. The van der Waals surface area contributed by atoms with Gasteiger partial charge in [0.1, 0.15) is 0 Å². The number of likely N-dealkylation sites (tertiary alicyclic amines) is 1. The topological polar surface area (TPSA) is 87.5 Å². The van der Waals surface area contributed by atoms with Crippen molar-refractivity contribution in [3.05, 3.63) is 46.3 Å². The molecule has 1 aromatic heterocycles. The molecule has 0 bridgehead atoms. The van der Waals surface area contributed by atoms with Gasteiger partial charge in [-0.15, -0.1) is 23.1 Å². The van der Waals surface area contributed by atoms with Crippen molar-refractivity contribution in [1.82, 2.24) is 10.2 Å². The van der Waals surface area contributed by atoms with E-state index in [0.717, 1.165) is 35.7 Å². The third kappa shape index (κ3) is 5.32. The number of carbonyl (C=O) groups excluding carboxylic acids is 2. The predicted molar refractivity (Wildman–Crippen MR) is 121 cm³/mol. The first-order chi connectivity index (χ1) is 14.0. The Hall–Kier alpha value is -2.03. The van der Waals surface area contributed by atoms with Gasteiger partial charge in [0.2, 0.25) is 0 Å². The van der Waals surface area contributed by atoms with Crippen LogP contribution in [0.3, 0.4) is 0 Å². The van der Waals surface area contributed by atoms with Gasteiger partial charge in [-0.05, 0) is 49.1 Å². The fourth-order valence-electron chi connectivity index (χ4n) is 3.59. The molecule has 0 unspecified atom stereocenters. The molecule has 6 nitrogen and oxygen atoms in total. The minimum atomic E-state index is -0.250. The van der Waals surface area contributed by atoms with E-state index in [1.165, 1.54) is 28.7 Å². The number of anilines is 1. The lowest BCUT2D eigenvalue weighted by molar-refractivity contribution is 0.0718. The molecule has 3 amide bonds. The number of nitrogens with one attached hydrogen (secondary N) is 2. The third-order valence-corrected chi connectivity index (χ3v) is 7.38. The number of amides is 3. The number of thiophene rings is 1. The summed E-state index contributed by atoms with van der Waals surface area (Å²) in [5, 5.41) is 5.56. The second kappa shape index (κ2) is 10.1. The number of urea groups is 1. The van der Waals surface area contributed by atoms with Crippen molar-refractivity contribution in [2.75, 3.05) is 31.2 Å². The van der Waals surface area contributed by atoms with Gasteiger partial charge >= 0.3 is 6.03 Å². The summed E-state index contributed by atoms with van der Waals surface area (Å²) in [6.07, 6.45) is 3.85. The van der Waals surface area contributed by atoms with Gasteiger partial charge in [0.05, 0.1) is 14.8 Å². The molecule has 1 aliphatic rings. The molecular weight excluding hydrogens is 404 g/mol. The molecule has 3 rings (SSSR count). The Morgan fingerprint density at radius 1 is 1.28 bits per heavy atom. The van der Waals surface area contributed by atoms with Crippen LogP contribution in [0.4, 0.5) is 10.5 Å². The summed E-state index contributed by atoms with van der Waals surface area (Å²) >= 11 is 2.98. The predicted octanol–water partition coefficient (Wildman–Crippen LogP) is 4.09. The molecule has 2 aromatic rings. The van der Waals surface area contributed by atoms with E-state index in [1.807, 2.05) is 18.1 Å². The fraction of sp³-hybridized carbons (Fsp3) is 0.429. The zero-order valence-corrected chi connectivity index (χ0v) is 18.5. The van der Waals surface area contributed by atoms with Crippen molar-refractivity contribution < 1.29 is 9.59 Å². The van der Waals surface area contributed by atoms with Crippen molar-refractivity contribution in [3.8, 4) is 0 Å². The van der Waals surface area contributed by atoms with Crippen LogP contribution < -0.4 is 16.4 Å². The van der Waals surface area contributed by atoms with Crippen molar-refractivity contribution in [2.24, 2.45) is 5.73 Å². The molecule has 156 valence electrons. The van der Waals surface area contributed by atoms with E-state index in [0.29, 0.717) is 29.6 Å². The molecule has 0 atom stereocenters. The normalized spacial score (nSPS) is 14.7. The molecule has 1 aromatic carbocycles. The van der Waals surface area contributed by atoms with E-state index < -0.39 is 0 Å². The highest BCUT2D eigenvalue weighted by Crippen LogP contribution is 2.36. The lowest BCUT2D eigenvalue weighted by atomic mass is 9.88. The van der Waals surface area contributed by atoms with Gasteiger partial charge in [-0.25, -0.2) is 4.79 Å². The number of nitrogens with two attached hydrogens (primary N) is 1. The van der Waals surface area contributed by atoms with E-state index in [2.05, 4.69) is 34.9 Å². The average molecular weight is 433 g/mol. The average Bonchev–Trinajstić information content (AvgIpc) is 3.16. The first-order valence-corrected chi connectivity index (χ1v) is 11.9. The Bertz CT molecular complexity index is 860. The fourth-order valence-corrected chi connectivity index (χ4v) is 5.34. The Morgan fingerprint density at radius 2 is 2.03 bits per heavy atom. The maximum atomic E-state index is 13.0. The van der Waals surface area contributed by atoms with Crippen LogP contribution in [-0.4, -0.2) is 42.7 Å². The molecular formula is C21H28N4O2S2. The van der Waals surface area contributed by atoms with Gasteiger partial charge < -0.3 is 21.3 Å². The molecule has 1 aliphatic heterocycles. The van der Waals surface area contributed by atoms with E-state index >= 15 is 0 Å². The number of benzene rings is 1. The molecule has 4 N–H and O–H groups in total. The molecule has 0 spiro atoms. The zero-order chi connectivity index (χ0) is 20.8. The van der Waals surface area contributed by atoms with Crippen LogP contribution in [0.1, 0.15) is 46.5 Å². The van der Waals surface area contributed by atoms with Gasteiger partial charge in [0.25, 0.3) is 5.91 Å².